The number of nitrogens with zero attached hydrogens (tertiary/aromatic N) is 1. The van der Waals surface area contributed by atoms with Crippen molar-refractivity contribution in [2.45, 2.75) is 40.2 Å². The normalized spacial score (nSPS) is 19.0. The number of hydrogen-bond acceptors (Lipinski definition) is 2. The predicted octanol–water partition coefficient (Wildman–Crippen LogP) is 4.39. The fourth-order valence-corrected chi connectivity index (χ4v) is 3.68. The van der Waals surface area contributed by atoms with Crippen molar-refractivity contribution in [2.75, 3.05) is 18.4 Å². The quantitative estimate of drug-likeness (QED) is 0.804. The number of hydrogen-bond donors (Lipinski definition) is 2. The van der Waals surface area contributed by atoms with E-state index in [1.807, 2.05) is 39.0 Å². The smallest absolute Gasteiger partial charge is 0.321 e. The molecule has 0 radical (unpaired) electrons. The zero-order valence-electron chi connectivity index (χ0n) is 17.2. The fraction of sp³-hybridized carbons (Fsp3) is 0.391. The first-order chi connectivity index (χ1) is 13.8. The summed E-state index contributed by atoms with van der Waals surface area (Å²) in [6, 6.07) is 11.7. The lowest BCUT2D eigenvalue weighted by Crippen LogP contribution is -2.52. The maximum atomic E-state index is 13.0. The molecular weight excluding hydrogens is 369 g/mol. The van der Waals surface area contributed by atoms with Gasteiger partial charge in [0.2, 0.25) is 5.91 Å². The van der Waals surface area contributed by atoms with Crippen LogP contribution in [0.25, 0.3) is 0 Å². The Morgan fingerprint density at radius 3 is 2.59 bits per heavy atom. The summed E-state index contributed by atoms with van der Waals surface area (Å²) in [5.74, 6) is -0.393. The molecule has 1 aliphatic heterocycles. The molecule has 2 aromatic carbocycles. The van der Waals surface area contributed by atoms with Crippen molar-refractivity contribution >= 4 is 17.6 Å². The van der Waals surface area contributed by atoms with Crippen molar-refractivity contribution in [3.8, 4) is 0 Å². The van der Waals surface area contributed by atoms with Gasteiger partial charge < -0.3 is 15.5 Å². The topological polar surface area (TPSA) is 61.4 Å². The SMILES string of the molecule is Cc1cccc(NC(=O)N2CCC[C@](C)(C(=O)NCc3ccc(F)cc3)C2)c1C. The summed E-state index contributed by atoms with van der Waals surface area (Å²) in [6.07, 6.45) is 1.48. The number of carbonyl (C=O) groups is 2. The van der Waals surface area contributed by atoms with Gasteiger partial charge in [-0.1, -0.05) is 24.3 Å². The van der Waals surface area contributed by atoms with E-state index in [1.54, 1.807) is 17.0 Å². The van der Waals surface area contributed by atoms with E-state index >= 15 is 0 Å². The highest BCUT2D eigenvalue weighted by molar-refractivity contribution is 5.91. The Bertz CT molecular complexity index is 897. The number of amides is 3. The maximum Gasteiger partial charge on any atom is 0.321 e. The lowest BCUT2D eigenvalue weighted by molar-refractivity contribution is -0.132. The Kier molecular flexibility index (Phi) is 6.20. The molecule has 2 N–H and O–H groups in total. The van der Waals surface area contributed by atoms with Crippen LogP contribution in [0.5, 0.6) is 0 Å². The zero-order chi connectivity index (χ0) is 21.0. The molecule has 1 aliphatic rings. The number of carbonyl (C=O) groups excluding carboxylic acids is 2. The fourth-order valence-electron chi connectivity index (χ4n) is 3.68. The first-order valence-corrected chi connectivity index (χ1v) is 9.93. The monoisotopic (exact) mass is 397 g/mol. The van der Waals surface area contributed by atoms with Gasteiger partial charge in [0.25, 0.3) is 0 Å². The molecule has 1 saturated heterocycles. The Labute approximate surface area is 171 Å². The summed E-state index contributed by atoms with van der Waals surface area (Å²) in [7, 11) is 0. The van der Waals surface area contributed by atoms with Gasteiger partial charge in [-0.2, -0.15) is 0 Å². The number of halogens is 1. The van der Waals surface area contributed by atoms with Crippen molar-refractivity contribution in [3.63, 3.8) is 0 Å². The molecule has 2 aromatic rings. The van der Waals surface area contributed by atoms with E-state index < -0.39 is 5.41 Å². The third kappa shape index (κ3) is 4.94. The molecule has 0 saturated carbocycles. The number of nitrogens with one attached hydrogen (secondary N) is 2. The highest BCUT2D eigenvalue weighted by Crippen LogP contribution is 2.30. The molecule has 6 heteroatoms. The van der Waals surface area contributed by atoms with Gasteiger partial charge in [-0.15, -0.1) is 0 Å². The van der Waals surface area contributed by atoms with Crippen LogP contribution >= 0.6 is 0 Å². The number of piperidine rings is 1. The van der Waals surface area contributed by atoms with Crippen molar-refractivity contribution in [2.24, 2.45) is 5.41 Å². The summed E-state index contributed by atoms with van der Waals surface area (Å²) < 4.78 is 13.0. The molecule has 0 aliphatic carbocycles. The third-order valence-electron chi connectivity index (χ3n) is 5.74. The largest absolute Gasteiger partial charge is 0.351 e. The minimum atomic E-state index is -0.655. The molecule has 29 heavy (non-hydrogen) atoms. The van der Waals surface area contributed by atoms with E-state index in [4.69, 9.17) is 0 Å². The summed E-state index contributed by atoms with van der Waals surface area (Å²) in [6.45, 7) is 7.20. The van der Waals surface area contributed by atoms with E-state index in [0.29, 0.717) is 19.6 Å². The minimum Gasteiger partial charge on any atom is -0.351 e. The Morgan fingerprint density at radius 2 is 1.86 bits per heavy atom. The van der Waals surface area contributed by atoms with Crippen molar-refractivity contribution in [1.29, 1.82) is 0 Å². The number of benzene rings is 2. The third-order valence-corrected chi connectivity index (χ3v) is 5.74. The first kappa shape index (κ1) is 20.8. The van der Waals surface area contributed by atoms with Crippen LogP contribution in [0.3, 0.4) is 0 Å². The number of urea groups is 1. The number of likely N-dealkylation sites (tertiary alicyclic amines) is 1. The molecule has 154 valence electrons. The molecule has 5 nitrogen and oxygen atoms in total. The van der Waals surface area contributed by atoms with E-state index in [-0.39, 0.29) is 17.8 Å². The van der Waals surface area contributed by atoms with Crippen LogP contribution in [0.4, 0.5) is 14.9 Å². The van der Waals surface area contributed by atoms with Crippen molar-refractivity contribution in [3.05, 3.63) is 65.0 Å². The Morgan fingerprint density at radius 1 is 1.14 bits per heavy atom. The van der Waals surface area contributed by atoms with Crippen LogP contribution in [0.2, 0.25) is 0 Å². The average Bonchev–Trinajstić information content (AvgIpc) is 2.70. The number of rotatable bonds is 4. The number of aryl methyl sites for hydroxylation is 1. The highest BCUT2D eigenvalue weighted by Gasteiger charge is 2.39. The van der Waals surface area contributed by atoms with E-state index in [2.05, 4.69) is 10.6 Å². The van der Waals surface area contributed by atoms with Crippen LogP contribution in [-0.4, -0.2) is 29.9 Å². The van der Waals surface area contributed by atoms with Crippen LogP contribution in [0.15, 0.2) is 42.5 Å². The Balaban J connectivity index is 1.61. The van der Waals surface area contributed by atoms with Crippen LogP contribution < -0.4 is 10.6 Å². The summed E-state index contributed by atoms with van der Waals surface area (Å²) in [4.78, 5) is 27.4. The molecule has 3 amide bonds. The van der Waals surface area contributed by atoms with Crippen LogP contribution in [0, 0.1) is 25.1 Å². The van der Waals surface area contributed by atoms with Gasteiger partial charge in [-0.05, 0) is 68.5 Å². The second kappa shape index (κ2) is 8.64. The highest BCUT2D eigenvalue weighted by atomic mass is 19.1. The van der Waals surface area contributed by atoms with E-state index in [9.17, 15) is 14.0 Å². The lowest BCUT2D eigenvalue weighted by atomic mass is 9.81. The first-order valence-electron chi connectivity index (χ1n) is 9.93. The summed E-state index contributed by atoms with van der Waals surface area (Å²) in [5.41, 5.74) is 3.13. The Hall–Kier alpha value is -2.89. The second-order valence-corrected chi connectivity index (χ2v) is 8.07. The summed E-state index contributed by atoms with van der Waals surface area (Å²) in [5, 5.41) is 5.91. The molecule has 3 rings (SSSR count). The van der Waals surface area contributed by atoms with Gasteiger partial charge in [0, 0.05) is 25.3 Å². The van der Waals surface area contributed by atoms with Crippen LogP contribution in [-0.2, 0) is 11.3 Å². The molecular formula is C23H28FN3O2. The summed E-state index contributed by atoms with van der Waals surface area (Å²) >= 11 is 0. The molecule has 0 aromatic heterocycles. The minimum absolute atomic E-state index is 0.0916. The molecule has 1 heterocycles. The van der Waals surface area contributed by atoms with Crippen LogP contribution in [0.1, 0.15) is 36.5 Å². The van der Waals surface area contributed by atoms with Crippen molar-refractivity contribution in [1.82, 2.24) is 10.2 Å². The average molecular weight is 397 g/mol. The molecule has 1 fully saturated rings. The van der Waals surface area contributed by atoms with Gasteiger partial charge in [-0.3, -0.25) is 4.79 Å². The standard InChI is InChI=1S/C23H28FN3O2/c1-16-6-4-7-20(17(16)2)26-22(29)27-13-5-12-23(3,15-27)21(28)25-14-18-8-10-19(24)11-9-18/h4,6-11H,5,12-15H2,1-3H3,(H,25,28)(H,26,29)/t23-/m0/s1. The molecule has 0 spiro atoms. The van der Waals surface area contributed by atoms with Crippen molar-refractivity contribution < 1.29 is 14.0 Å². The lowest BCUT2D eigenvalue weighted by Gasteiger charge is -2.39. The van der Waals surface area contributed by atoms with E-state index in [0.717, 1.165) is 35.2 Å². The van der Waals surface area contributed by atoms with Gasteiger partial charge in [0.05, 0.1) is 5.41 Å². The second-order valence-electron chi connectivity index (χ2n) is 8.07. The molecule has 0 bridgehead atoms. The number of anilines is 1. The van der Waals surface area contributed by atoms with E-state index in [1.165, 1.54) is 12.1 Å². The van der Waals surface area contributed by atoms with Gasteiger partial charge in [-0.25, -0.2) is 9.18 Å². The maximum absolute atomic E-state index is 13.0. The molecule has 0 unspecified atom stereocenters. The molecule has 1 atom stereocenters. The van der Waals surface area contributed by atoms with Gasteiger partial charge in [0.15, 0.2) is 0 Å². The predicted molar refractivity (Wildman–Crippen MR) is 112 cm³/mol. The van der Waals surface area contributed by atoms with Gasteiger partial charge >= 0.3 is 6.03 Å². The zero-order valence-corrected chi connectivity index (χ0v) is 17.2. The van der Waals surface area contributed by atoms with Gasteiger partial charge in [0.1, 0.15) is 5.82 Å².